The third-order valence-corrected chi connectivity index (χ3v) is 2.93. The number of benzene rings is 1. The van der Waals surface area contributed by atoms with Gasteiger partial charge in [0.05, 0.1) is 6.61 Å². The molecule has 1 N–H and O–H groups in total. The van der Waals surface area contributed by atoms with Gasteiger partial charge in [-0.15, -0.1) is 0 Å². The second kappa shape index (κ2) is 4.85. The first kappa shape index (κ1) is 11.9. The molecule has 1 aromatic carbocycles. The van der Waals surface area contributed by atoms with E-state index >= 15 is 0 Å². The first-order chi connectivity index (χ1) is 9.29. The third-order valence-electron chi connectivity index (χ3n) is 2.93. The van der Waals surface area contributed by atoms with E-state index in [1.807, 2.05) is 31.2 Å². The Balaban J connectivity index is 2.15. The van der Waals surface area contributed by atoms with Gasteiger partial charge in [-0.2, -0.15) is 0 Å². The number of methoxy groups -OCH3 is 1. The highest BCUT2D eigenvalue weighted by atomic mass is 16.5. The summed E-state index contributed by atoms with van der Waals surface area (Å²) in [5.41, 5.74) is 2.37. The van der Waals surface area contributed by atoms with Gasteiger partial charge in [-0.1, -0.05) is 12.1 Å². The van der Waals surface area contributed by atoms with Crippen LogP contribution in [0.1, 0.15) is 5.82 Å². The Morgan fingerprint density at radius 3 is 2.95 bits per heavy atom. The maximum absolute atomic E-state index is 5.84. The summed E-state index contributed by atoms with van der Waals surface area (Å²) >= 11 is 0. The molecular weight excluding hydrogens is 242 g/mol. The van der Waals surface area contributed by atoms with Crippen LogP contribution in [0.15, 0.2) is 28.7 Å². The number of hydrogen-bond acceptors (Lipinski definition) is 5. The van der Waals surface area contributed by atoms with Crippen molar-refractivity contribution in [1.29, 1.82) is 0 Å². The normalized spacial score (nSPS) is 11.3. The molecule has 0 aliphatic rings. The molecule has 98 valence electrons. The van der Waals surface area contributed by atoms with E-state index in [0.29, 0.717) is 18.7 Å². The number of nitrogens with one attached hydrogen (secondary N) is 1. The summed E-state index contributed by atoms with van der Waals surface area (Å²) in [5.74, 6) is 1.44. The summed E-state index contributed by atoms with van der Waals surface area (Å²) in [4.78, 5) is 8.87. The number of furan rings is 1. The monoisotopic (exact) mass is 257 g/mol. The van der Waals surface area contributed by atoms with E-state index in [9.17, 15) is 0 Å². The fourth-order valence-corrected chi connectivity index (χ4v) is 2.09. The Morgan fingerprint density at radius 2 is 2.11 bits per heavy atom. The number of para-hydroxylation sites is 1. The standard InChI is InChI=1S/C14H15N3O2/c1-9-16-12-10-5-3-4-6-11(10)19-13(12)14(17-9)15-7-8-18-2/h3-6H,7-8H2,1-2H3,(H,15,16,17). The van der Waals surface area contributed by atoms with Crippen LogP contribution in [0.4, 0.5) is 5.82 Å². The summed E-state index contributed by atoms with van der Waals surface area (Å²) in [6.45, 7) is 3.17. The summed E-state index contributed by atoms with van der Waals surface area (Å²) in [7, 11) is 1.67. The van der Waals surface area contributed by atoms with Crippen molar-refractivity contribution in [1.82, 2.24) is 9.97 Å². The Labute approximate surface area is 110 Å². The zero-order valence-electron chi connectivity index (χ0n) is 10.9. The fourth-order valence-electron chi connectivity index (χ4n) is 2.09. The van der Waals surface area contributed by atoms with Gasteiger partial charge in [-0.25, -0.2) is 9.97 Å². The minimum atomic E-state index is 0.616. The molecule has 0 atom stereocenters. The first-order valence-electron chi connectivity index (χ1n) is 6.18. The zero-order chi connectivity index (χ0) is 13.2. The largest absolute Gasteiger partial charge is 0.450 e. The number of aromatic nitrogens is 2. The second-order valence-corrected chi connectivity index (χ2v) is 4.31. The molecule has 0 amide bonds. The minimum Gasteiger partial charge on any atom is -0.450 e. The molecular formula is C14H15N3O2. The average molecular weight is 257 g/mol. The number of hydrogen-bond donors (Lipinski definition) is 1. The fraction of sp³-hybridized carbons (Fsp3) is 0.286. The molecule has 0 unspecified atom stereocenters. The molecule has 0 aliphatic carbocycles. The zero-order valence-corrected chi connectivity index (χ0v) is 10.9. The number of nitrogens with zero attached hydrogens (tertiary/aromatic N) is 2. The van der Waals surface area contributed by atoms with E-state index in [2.05, 4.69) is 15.3 Å². The molecule has 0 saturated carbocycles. The van der Waals surface area contributed by atoms with Crippen molar-refractivity contribution in [2.24, 2.45) is 0 Å². The van der Waals surface area contributed by atoms with Crippen LogP contribution in [0.25, 0.3) is 22.1 Å². The second-order valence-electron chi connectivity index (χ2n) is 4.31. The maximum atomic E-state index is 5.84. The van der Waals surface area contributed by atoms with E-state index in [0.717, 1.165) is 28.1 Å². The van der Waals surface area contributed by atoms with Gasteiger partial charge in [0.2, 0.25) is 0 Å². The number of fused-ring (bicyclic) bond motifs is 3. The van der Waals surface area contributed by atoms with Crippen LogP contribution in [-0.2, 0) is 4.74 Å². The van der Waals surface area contributed by atoms with Crippen molar-refractivity contribution < 1.29 is 9.15 Å². The van der Waals surface area contributed by atoms with Gasteiger partial charge in [-0.3, -0.25) is 0 Å². The predicted octanol–water partition coefficient (Wildman–Crippen LogP) is 2.74. The third kappa shape index (κ3) is 2.13. The van der Waals surface area contributed by atoms with E-state index in [1.165, 1.54) is 0 Å². The van der Waals surface area contributed by atoms with Crippen LogP contribution in [-0.4, -0.2) is 30.2 Å². The van der Waals surface area contributed by atoms with E-state index in [1.54, 1.807) is 7.11 Å². The highest BCUT2D eigenvalue weighted by molar-refractivity contribution is 6.05. The van der Waals surface area contributed by atoms with Crippen LogP contribution >= 0.6 is 0 Å². The van der Waals surface area contributed by atoms with Gasteiger partial charge >= 0.3 is 0 Å². The average Bonchev–Trinajstić information content (AvgIpc) is 2.78. The van der Waals surface area contributed by atoms with Crippen LogP contribution in [0.3, 0.4) is 0 Å². The van der Waals surface area contributed by atoms with Gasteiger partial charge in [0.25, 0.3) is 0 Å². The Kier molecular flexibility index (Phi) is 3.05. The van der Waals surface area contributed by atoms with Crippen molar-refractivity contribution >= 4 is 27.9 Å². The van der Waals surface area contributed by atoms with Crippen molar-refractivity contribution in [2.75, 3.05) is 25.6 Å². The van der Waals surface area contributed by atoms with E-state index in [-0.39, 0.29) is 0 Å². The lowest BCUT2D eigenvalue weighted by Crippen LogP contribution is -2.09. The topological polar surface area (TPSA) is 60.2 Å². The first-order valence-corrected chi connectivity index (χ1v) is 6.18. The molecule has 19 heavy (non-hydrogen) atoms. The van der Waals surface area contributed by atoms with Crippen LogP contribution in [0.2, 0.25) is 0 Å². The molecule has 0 radical (unpaired) electrons. The molecule has 2 heterocycles. The summed E-state index contributed by atoms with van der Waals surface area (Å²) in [5, 5.41) is 4.23. The molecule has 5 heteroatoms. The maximum Gasteiger partial charge on any atom is 0.196 e. The molecule has 0 spiro atoms. The SMILES string of the molecule is COCCNc1nc(C)nc2c1oc1ccccc12. The predicted molar refractivity (Wildman–Crippen MR) is 74.4 cm³/mol. The minimum absolute atomic E-state index is 0.616. The lowest BCUT2D eigenvalue weighted by atomic mass is 10.2. The highest BCUT2D eigenvalue weighted by Gasteiger charge is 2.13. The van der Waals surface area contributed by atoms with Gasteiger partial charge in [0, 0.05) is 19.0 Å². The van der Waals surface area contributed by atoms with Gasteiger partial charge in [-0.05, 0) is 19.1 Å². The van der Waals surface area contributed by atoms with Gasteiger partial charge < -0.3 is 14.5 Å². The van der Waals surface area contributed by atoms with Crippen molar-refractivity contribution in [3.8, 4) is 0 Å². The smallest absolute Gasteiger partial charge is 0.196 e. The Bertz CT molecular complexity index is 721. The molecule has 0 saturated heterocycles. The highest BCUT2D eigenvalue weighted by Crippen LogP contribution is 2.30. The van der Waals surface area contributed by atoms with Crippen LogP contribution < -0.4 is 5.32 Å². The van der Waals surface area contributed by atoms with Crippen molar-refractivity contribution in [2.45, 2.75) is 6.92 Å². The van der Waals surface area contributed by atoms with E-state index < -0.39 is 0 Å². The molecule has 3 aromatic rings. The molecule has 2 aromatic heterocycles. The molecule has 0 bridgehead atoms. The Hall–Kier alpha value is -2.14. The van der Waals surface area contributed by atoms with Gasteiger partial charge in [0.15, 0.2) is 11.4 Å². The quantitative estimate of drug-likeness (QED) is 0.728. The molecule has 0 fully saturated rings. The number of rotatable bonds is 4. The van der Waals surface area contributed by atoms with Crippen LogP contribution in [0, 0.1) is 6.92 Å². The van der Waals surface area contributed by atoms with E-state index in [4.69, 9.17) is 9.15 Å². The molecule has 3 rings (SSSR count). The molecule has 0 aliphatic heterocycles. The number of aryl methyl sites for hydroxylation is 1. The Morgan fingerprint density at radius 1 is 1.26 bits per heavy atom. The molecule has 5 nitrogen and oxygen atoms in total. The van der Waals surface area contributed by atoms with Crippen molar-refractivity contribution in [3.63, 3.8) is 0 Å². The van der Waals surface area contributed by atoms with Crippen molar-refractivity contribution in [3.05, 3.63) is 30.1 Å². The summed E-state index contributed by atoms with van der Waals surface area (Å²) in [6, 6.07) is 7.87. The number of ether oxygens (including phenoxy) is 1. The summed E-state index contributed by atoms with van der Waals surface area (Å²) in [6.07, 6.45) is 0. The summed E-state index contributed by atoms with van der Waals surface area (Å²) < 4.78 is 10.9. The number of anilines is 1. The van der Waals surface area contributed by atoms with Gasteiger partial charge in [0.1, 0.15) is 16.9 Å². The lowest BCUT2D eigenvalue weighted by Gasteiger charge is -2.05. The lowest BCUT2D eigenvalue weighted by molar-refractivity contribution is 0.210. The van der Waals surface area contributed by atoms with Crippen LogP contribution in [0.5, 0.6) is 0 Å².